The van der Waals surface area contributed by atoms with Gasteiger partial charge in [0.25, 0.3) is 0 Å². The van der Waals surface area contributed by atoms with Gasteiger partial charge in [-0.15, -0.1) is 0 Å². The van der Waals surface area contributed by atoms with Crippen LogP contribution in [0.25, 0.3) is 22.2 Å². The minimum Gasteiger partial charge on any atom is -0.550 e. The van der Waals surface area contributed by atoms with Crippen molar-refractivity contribution in [2.45, 2.75) is 12.8 Å². The van der Waals surface area contributed by atoms with Gasteiger partial charge in [0.1, 0.15) is 5.75 Å². The molecule has 22 heavy (non-hydrogen) atoms. The van der Waals surface area contributed by atoms with Gasteiger partial charge in [-0.3, -0.25) is 0 Å². The van der Waals surface area contributed by atoms with E-state index >= 15 is 0 Å². The molecule has 0 saturated carbocycles. The van der Waals surface area contributed by atoms with Gasteiger partial charge >= 0.3 is 0 Å². The highest BCUT2D eigenvalue weighted by atomic mass is 16.5. The molecule has 1 aromatic heterocycles. The molecule has 0 aliphatic heterocycles. The first-order valence-corrected chi connectivity index (χ1v) is 7.13. The minimum absolute atomic E-state index is 0.00496. The fraction of sp³-hybridized carbons (Fsp3) is 0.167. The Morgan fingerprint density at radius 3 is 2.55 bits per heavy atom. The molecule has 0 aliphatic rings. The second-order valence-corrected chi connectivity index (χ2v) is 5.12. The first-order valence-electron chi connectivity index (χ1n) is 7.13. The smallest absolute Gasteiger partial charge is 0.118 e. The van der Waals surface area contributed by atoms with E-state index in [4.69, 9.17) is 4.74 Å². The Morgan fingerprint density at radius 1 is 1.14 bits per heavy atom. The number of carbonyl (C=O) groups excluding carboxylic acids is 1. The minimum atomic E-state index is -1.04. The van der Waals surface area contributed by atoms with Gasteiger partial charge in [0.15, 0.2) is 0 Å². The van der Waals surface area contributed by atoms with Crippen LogP contribution >= 0.6 is 0 Å². The zero-order valence-electron chi connectivity index (χ0n) is 12.3. The third kappa shape index (κ3) is 2.68. The van der Waals surface area contributed by atoms with Crippen molar-refractivity contribution in [1.82, 2.24) is 4.98 Å². The Kier molecular flexibility index (Phi) is 3.83. The quantitative estimate of drug-likeness (QED) is 0.786. The molecule has 0 atom stereocenters. The summed E-state index contributed by atoms with van der Waals surface area (Å²) in [5, 5.41) is 11.9. The summed E-state index contributed by atoms with van der Waals surface area (Å²) in [5.41, 5.74) is 3.96. The molecule has 1 heterocycles. The number of aliphatic carboxylic acids is 1. The van der Waals surface area contributed by atoms with Crippen molar-refractivity contribution in [3.05, 3.63) is 54.1 Å². The van der Waals surface area contributed by atoms with Gasteiger partial charge in [0, 0.05) is 22.6 Å². The maximum atomic E-state index is 10.8. The molecule has 2 aromatic carbocycles. The maximum absolute atomic E-state index is 10.8. The average Bonchev–Trinajstić information content (AvgIpc) is 2.91. The zero-order chi connectivity index (χ0) is 15.5. The van der Waals surface area contributed by atoms with Crippen LogP contribution in [0.4, 0.5) is 0 Å². The molecule has 3 rings (SSSR count). The van der Waals surface area contributed by atoms with E-state index in [1.165, 1.54) is 0 Å². The molecular formula is C18H16NO3-. The predicted octanol–water partition coefficient (Wildman–Crippen LogP) is 2.53. The lowest BCUT2D eigenvalue weighted by molar-refractivity contribution is -0.305. The molecule has 1 N–H and O–H groups in total. The lowest BCUT2D eigenvalue weighted by atomic mass is 10.0. The lowest BCUT2D eigenvalue weighted by Gasteiger charge is -2.07. The molecule has 0 spiro atoms. The first-order chi connectivity index (χ1) is 10.7. The van der Waals surface area contributed by atoms with E-state index in [-0.39, 0.29) is 6.42 Å². The Balaban J connectivity index is 2.09. The van der Waals surface area contributed by atoms with Crippen LogP contribution in [0.2, 0.25) is 0 Å². The van der Waals surface area contributed by atoms with Crippen LogP contribution in [0.5, 0.6) is 5.75 Å². The fourth-order valence-corrected chi connectivity index (χ4v) is 2.69. The highest BCUT2D eigenvalue weighted by molar-refractivity contribution is 5.91. The predicted molar refractivity (Wildman–Crippen MR) is 83.6 cm³/mol. The van der Waals surface area contributed by atoms with Crippen LogP contribution in [0.1, 0.15) is 12.0 Å². The average molecular weight is 294 g/mol. The normalized spacial score (nSPS) is 10.8. The third-order valence-corrected chi connectivity index (χ3v) is 3.77. The number of carboxylic acids is 1. The second kappa shape index (κ2) is 5.93. The maximum Gasteiger partial charge on any atom is 0.118 e. The van der Waals surface area contributed by atoms with Gasteiger partial charge in [-0.05, 0) is 54.3 Å². The van der Waals surface area contributed by atoms with E-state index < -0.39 is 5.97 Å². The number of ether oxygens (including phenoxy) is 1. The van der Waals surface area contributed by atoms with E-state index in [0.717, 1.165) is 33.5 Å². The van der Waals surface area contributed by atoms with Crippen LogP contribution < -0.4 is 9.84 Å². The van der Waals surface area contributed by atoms with E-state index in [2.05, 4.69) is 4.98 Å². The third-order valence-electron chi connectivity index (χ3n) is 3.77. The summed E-state index contributed by atoms with van der Waals surface area (Å²) < 4.78 is 5.18. The number of carbonyl (C=O) groups is 1. The van der Waals surface area contributed by atoms with Gasteiger partial charge < -0.3 is 19.6 Å². The van der Waals surface area contributed by atoms with Crippen molar-refractivity contribution < 1.29 is 14.6 Å². The van der Waals surface area contributed by atoms with Gasteiger partial charge in [-0.1, -0.05) is 18.2 Å². The van der Waals surface area contributed by atoms with Gasteiger partial charge in [0.05, 0.1) is 7.11 Å². The summed E-state index contributed by atoms with van der Waals surface area (Å²) in [5.74, 6) is -0.248. The van der Waals surface area contributed by atoms with Crippen molar-refractivity contribution in [3.63, 3.8) is 0 Å². The molecule has 0 saturated heterocycles. The fourth-order valence-electron chi connectivity index (χ4n) is 2.69. The highest BCUT2D eigenvalue weighted by Gasteiger charge is 2.12. The van der Waals surface area contributed by atoms with Gasteiger partial charge in [0.2, 0.25) is 0 Å². The molecule has 0 aliphatic carbocycles. The van der Waals surface area contributed by atoms with Crippen molar-refractivity contribution in [1.29, 1.82) is 0 Å². The number of hydrogen-bond acceptors (Lipinski definition) is 3. The zero-order valence-corrected chi connectivity index (χ0v) is 12.3. The van der Waals surface area contributed by atoms with Crippen LogP contribution in [0.3, 0.4) is 0 Å². The van der Waals surface area contributed by atoms with E-state index in [0.29, 0.717) is 6.42 Å². The number of hydrogen-bond donors (Lipinski definition) is 1. The topological polar surface area (TPSA) is 65.2 Å². The van der Waals surface area contributed by atoms with E-state index in [1.807, 2.05) is 48.5 Å². The SMILES string of the molecule is COc1ccc(-c2[nH]c3ccccc3c2CCC(=O)[O-])cc1. The van der Waals surface area contributed by atoms with E-state index in [1.54, 1.807) is 7.11 Å². The Morgan fingerprint density at radius 2 is 1.86 bits per heavy atom. The van der Waals surface area contributed by atoms with Crippen molar-refractivity contribution >= 4 is 16.9 Å². The number of carboxylic acid groups (broad SMARTS) is 1. The molecule has 0 radical (unpaired) electrons. The van der Waals surface area contributed by atoms with Crippen LogP contribution in [-0.2, 0) is 11.2 Å². The lowest BCUT2D eigenvalue weighted by Crippen LogP contribution is -2.22. The summed E-state index contributed by atoms with van der Waals surface area (Å²) >= 11 is 0. The highest BCUT2D eigenvalue weighted by Crippen LogP contribution is 2.32. The Hall–Kier alpha value is -2.75. The number of fused-ring (bicyclic) bond motifs is 1. The molecule has 0 bridgehead atoms. The number of methoxy groups -OCH3 is 1. The number of para-hydroxylation sites is 1. The summed E-state index contributed by atoms with van der Waals surface area (Å²) in [6, 6.07) is 15.6. The first kappa shape index (κ1) is 14.2. The molecule has 0 amide bonds. The number of aromatic nitrogens is 1. The van der Waals surface area contributed by atoms with Gasteiger partial charge in [-0.2, -0.15) is 0 Å². The number of nitrogens with one attached hydrogen (secondary N) is 1. The Labute approximate surface area is 128 Å². The molecule has 4 nitrogen and oxygen atoms in total. The molecule has 112 valence electrons. The Bertz CT molecular complexity index is 803. The molecule has 0 fully saturated rings. The number of rotatable bonds is 5. The second-order valence-electron chi connectivity index (χ2n) is 5.12. The summed E-state index contributed by atoms with van der Waals surface area (Å²) in [7, 11) is 1.63. The van der Waals surface area contributed by atoms with Crippen LogP contribution in [0.15, 0.2) is 48.5 Å². The summed E-state index contributed by atoms with van der Waals surface area (Å²) in [6.45, 7) is 0. The number of aromatic amines is 1. The number of H-pyrrole nitrogens is 1. The van der Waals surface area contributed by atoms with Crippen molar-refractivity contribution in [3.8, 4) is 17.0 Å². The summed E-state index contributed by atoms with van der Waals surface area (Å²) in [6.07, 6.45) is 0.443. The molecule has 0 unspecified atom stereocenters. The monoisotopic (exact) mass is 294 g/mol. The molecule has 3 aromatic rings. The summed E-state index contributed by atoms with van der Waals surface area (Å²) in [4.78, 5) is 14.2. The van der Waals surface area contributed by atoms with Crippen LogP contribution in [0, 0.1) is 0 Å². The van der Waals surface area contributed by atoms with Crippen molar-refractivity contribution in [2.75, 3.05) is 7.11 Å². The van der Waals surface area contributed by atoms with Crippen molar-refractivity contribution in [2.24, 2.45) is 0 Å². The van der Waals surface area contributed by atoms with Gasteiger partial charge in [-0.25, -0.2) is 0 Å². The number of aryl methyl sites for hydroxylation is 1. The standard InChI is InChI=1S/C18H17NO3/c1-22-13-8-6-12(7-9-13)18-15(10-11-17(20)21)14-4-2-3-5-16(14)19-18/h2-9,19H,10-11H2,1H3,(H,20,21)/p-1. The number of benzene rings is 2. The van der Waals surface area contributed by atoms with E-state index in [9.17, 15) is 9.90 Å². The largest absolute Gasteiger partial charge is 0.550 e. The molecular weight excluding hydrogens is 278 g/mol. The molecule has 4 heteroatoms. The van der Waals surface area contributed by atoms with Crippen LogP contribution in [-0.4, -0.2) is 18.1 Å².